The van der Waals surface area contributed by atoms with Gasteiger partial charge in [0.1, 0.15) is 0 Å². The summed E-state index contributed by atoms with van der Waals surface area (Å²) in [7, 11) is -12.0. The van der Waals surface area contributed by atoms with E-state index in [0.29, 0.717) is 63.3 Å². The number of hydrogen-bond acceptors (Lipinski definition) is 2. The second kappa shape index (κ2) is 20.8. The quantitative estimate of drug-likeness (QED) is 0.0952. The molecule has 0 aromatic heterocycles. The Morgan fingerprint density at radius 1 is 0.479 bits per heavy atom. The molecule has 284 valence electrons. The van der Waals surface area contributed by atoms with Gasteiger partial charge >= 0.3 is 239 Å². The van der Waals surface area contributed by atoms with E-state index in [9.17, 15) is 34.5 Å². The van der Waals surface area contributed by atoms with Crippen molar-refractivity contribution in [2.75, 3.05) is 15.1 Å². The summed E-state index contributed by atoms with van der Waals surface area (Å²) >= 11 is 9.84. The van der Waals surface area contributed by atoms with Crippen LogP contribution < -0.4 is 38.6 Å². The van der Waals surface area contributed by atoms with Crippen molar-refractivity contribution < 1.29 is 34.5 Å². The molecule has 0 heterocycles. The Morgan fingerprint density at radius 2 is 0.646 bits per heavy atom. The van der Waals surface area contributed by atoms with Crippen LogP contribution in [0.1, 0.15) is 111 Å². The molecule has 0 aliphatic heterocycles. The SMILES string of the molecule is CC(C)N(c1c([Se]c2c(N(C(C)C)C(C)C)c2=[N+](C(C)C)C(C)C)c1=[N+](C(C)C)C(C)C)C(C)C.ClCCl.F[B-](F)(F)F.F[B-](F)(F)F. The molecular formula is C31H58B2Cl2F8N4Se. The van der Waals surface area contributed by atoms with Gasteiger partial charge in [-0.25, -0.2) is 0 Å². The summed E-state index contributed by atoms with van der Waals surface area (Å²) < 4.78 is 86.6. The van der Waals surface area contributed by atoms with Crippen molar-refractivity contribution in [2.24, 2.45) is 0 Å². The van der Waals surface area contributed by atoms with Crippen LogP contribution in [0.2, 0.25) is 0 Å². The van der Waals surface area contributed by atoms with E-state index in [4.69, 9.17) is 23.2 Å². The number of hydrogen-bond donors (Lipinski definition) is 0. The molecule has 0 unspecified atom stereocenters. The summed E-state index contributed by atoms with van der Waals surface area (Å²) in [6.07, 6.45) is 0. The first-order valence-electron chi connectivity index (χ1n) is 16.4. The molecule has 0 fully saturated rings. The minimum atomic E-state index is -6.00. The molecule has 0 atom stereocenters. The van der Waals surface area contributed by atoms with Gasteiger partial charge in [0.15, 0.2) is 0 Å². The molecule has 0 N–H and O–H groups in total. The number of alkyl halides is 2. The molecule has 0 bridgehead atoms. The van der Waals surface area contributed by atoms with Crippen LogP contribution in [-0.2, 0) is 0 Å². The van der Waals surface area contributed by atoms with E-state index < -0.39 is 14.5 Å². The number of rotatable bonds is 12. The predicted molar refractivity (Wildman–Crippen MR) is 196 cm³/mol. The van der Waals surface area contributed by atoms with Crippen LogP contribution in [0.4, 0.5) is 45.9 Å². The van der Waals surface area contributed by atoms with Crippen LogP contribution in [0.3, 0.4) is 0 Å². The molecule has 0 saturated carbocycles. The Bertz CT molecular complexity index is 1120. The first-order valence-corrected chi connectivity index (χ1v) is 19.2. The summed E-state index contributed by atoms with van der Waals surface area (Å²) in [5.41, 5.74) is 3.08. The third kappa shape index (κ3) is 17.3. The van der Waals surface area contributed by atoms with Crippen LogP contribution in [0.5, 0.6) is 0 Å². The topological polar surface area (TPSA) is 12.5 Å². The van der Waals surface area contributed by atoms with E-state index >= 15 is 0 Å². The van der Waals surface area contributed by atoms with Gasteiger partial charge < -0.3 is 34.5 Å². The molecule has 2 aromatic carbocycles. The second-order valence-corrected chi connectivity index (χ2v) is 16.6. The van der Waals surface area contributed by atoms with Gasteiger partial charge in [0.2, 0.25) is 0 Å². The van der Waals surface area contributed by atoms with Crippen molar-refractivity contribution in [3.05, 3.63) is 10.7 Å². The molecule has 0 amide bonds. The fourth-order valence-corrected chi connectivity index (χ4v) is 8.73. The Kier molecular flexibility index (Phi) is 21.3. The minimum Gasteiger partial charge on any atom is -0.418 e. The largest absolute Gasteiger partial charge is 0.673 e. The maximum Gasteiger partial charge on any atom is 0.673 e. The van der Waals surface area contributed by atoms with Crippen molar-refractivity contribution >= 4 is 73.0 Å². The zero-order valence-corrected chi connectivity index (χ0v) is 34.7. The molecule has 2 rings (SSSR count). The van der Waals surface area contributed by atoms with E-state index in [-0.39, 0.29) is 5.34 Å². The van der Waals surface area contributed by atoms with Crippen molar-refractivity contribution in [3.63, 3.8) is 0 Å². The third-order valence-corrected chi connectivity index (χ3v) is 9.35. The fourth-order valence-electron chi connectivity index (χ4n) is 6.01. The molecule has 17 heteroatoms. The average Bonchev–Trinajstić information content (AvgIpc) is 3.67. The molecule has 0 aliphatic rings. The Balaban J connectivity index is 0. The maximum absolute atomic E-state index is 9.75. The van der Waals surface area contributed by atoms with E-state index in [1.807, 2.05) is 0 Å². The normalized spacial score (nSPS) is 12.4. The molecule has 0 spiro atoms. The van der Waals surface area contributed by atoms with Crippen LogP contribution >= 0.6 is 23.2 Å². The molecule has 48 heavy (non-hydrogen) atoms. The smallest absolute Gasteiger partial charge is 0.418 e. The van der Waals surface area contributed by atoms with Gasteiger partial charge in [0.05, 0.1) is 5.34 Å². The molecule has 0 aliphatic carbocycles. The molecule has 0 saturated heterocycles. The average molecular weight is 810 g/mol. The molecule has 0 radical (unpaired) electrons. The first-order chi connectivity index (χ1) is 21.5. The summed E-state index contributed by atoms with van der Waals surface area (Å²) in [5, 5.41) is 3.27. The Labute approximate surface area is 300 Å². The Morgan fingerprint density at radius 3 is 0.771 bits per heavy atom. The molecule has 2 aromatic rings. The third-order valence-electron chi connectivity index (χ3n) is 6.87. The van der Waals surface area contributed by atoms with Crippen molar-refractivity contribution in [1.29, 1.82) is 0 Å². The second-order valence-electron chi connectivity index (χ2n) is 13.6. The standard InChI is InChI=1S/C30H56N4Se.CH2Cl2.2BF4/c1-17(2)31(18(3)4)25-26(32(19(5)6)20(7)8)29(25)35-30-27(33(21(9)10)22(11)12)28(30)34(23(13)14)24(15)16;2-1-3;2*2-1(3,4)5/h17-24H,1-16H3;1H2;;/q+2;;2*-1. The zero-order valence-electron chi connectivity index (χ0n) is 31.5. The van der Waals surface area contributed by atoms with Gasteiger partial charge in [-0.1, -0.05) is 0 Å². The summed E-state index contributed by atoms with van der Waals surface area (Å²) in [5.74, 6) is 0. The van der Waals surface area contributed by atoms with Crippen molar-refractivity contribution in [3.8, 4) is 0 Å². The van der Waals surface area contributed by atoms with Gasteiger partial charge in [-0.15, -0.1) is 23.2 Å². The van der Waals surface area contributed by atoms with E-state index in [1.165, 1.54) is 22.1 Å². The fraction of sp³-hybridized carbons (Fsp3) is 0.806. The monoisotopic (exact) mass is 810 g/mol. The van der Waals surface area contributed by atoms with Crippen LogP contribution in [0.15, 0.2) is 0 Å². The van der Waals surface area contributed by atoms with Crippen LogP contribution in [0, 0.1) is 0 Å². The van der Waals surface area contributed by atoms with Crippen molar-refractivity contribution in [2.45, 2.75) is 159 Å². The van der Waals surface area contributed by atoms with Gasteiger partial charge in [0.25, 0.3) is 0 Å². The first kappa shape index (κ1) is 49.2. The van der Waals surface area contributed by atoms with Gasteiger partial charge in [-0.3, -0.25) is 0 Å². The summed E-state index contributed by atoms with van der Waals surface area (Å²) in [6.45, 7) is 37.6. The maximum atomic E-state index is 9.75. The van der Waals surface area contributed by atoms with E-state index in [2.05, 4.69) is 130 Å². The number of nitrogens with zero attached hydrogens (tertiary/aromatic N) is 4. The number of halogens is 10. The zero-order chi connectivity index (χ0) is 38.8. The summed E-state index contributed by atoms with van der Waals surface area (Å²) in [6, 6.07) is 3.97. The number of anilines is 2. The molecule has 4 nitrogen and oxygen atoms in total. The van der Waals surface area contributed by atoms with E-state index in [0.717, 1.165) is 0 Å². The van der Waals surface area contributed by atoms with Gasteiger partial charge in [0, 0.05) is 0 Å². The predicted octanol–water partition coefficient (Wildman–Crippen LogP) is 7.54. The van der Waals surface area contributed by atoms with Crippen molar-refractivity contribution in [1.82, 2.24) is 9.15 Å². The molecular weight excluding hydrogens is 752 g/mol. The van der Waals surface area contributed by atoms with Crippen LogP contribution in [0.25, 0.3) is 0 Å². The van der Waals surface area contributed by atoms with Gasteiger partial charge in [-0.2, -0.15) is 0 Å². The van der Waals surface area contributed by atoms with Gasteiger partial charge in [-0.05, 0) is 0 Å². The Hall–Kier alpha value is -0.911. The van der Waals surface area contributed by atoms with E-state index in [1.54, 1.807) is 8.92 Å². The van der Waals surface area contributed by atoms with Crippen LogP contribution in [-0.4, -0.2) is 83.1 Å². The minimum absolute atomic E-state index is 0.194. The summed E-state index contributed by atoms with van der Waals surface area (Å²) in [4.78, 5) is 5.33.